The van der Waals surface area contributed by atoms with Crippen molar-refractivity contribution in [2.24, 2.45) is 0 Å². The van der Waals surface area contributed by atoms with Crippen molar-refractivity contribution < 1.29 is 23.5 Å². The summed E-state index contributed by atoms with van der Waals surface area (Å²) in [5.41, 5.74) is 0.709. The molecule has 2 aromatic carbocycles. The average molecular weight is 370 g/mol. The molecule has 2 amide bonds. The van der Waals surface area contributed by atoms with E-state index in [0.717, 1.165) is 5.69 Å². The van der Waals surface area contributed by atoms with Crippen molar-refractivity contribution in [3.05, 3.63) is 66.0 Å². The number of cyclic esters (lactones) is 1. The van der Waals surface area contributed by atoms with Gasteiger partial charge in [0.15, 0.2) is 5.78 Å². The molecule has 140 valence electrons. The smallest absolute Gasteiger partial charge is 0.414 e. The summed E-state index contributed by atoms with van der Waals surface area (Å²) >= 11 is 0. The predicted molar refractivity (Wildman–Crippen MR) is 97.0 cm³/mol. The van der Waals surface area contributed by atoms with Crippen LogP contribution >= 0.6 is 0 Å². The van der Waals surface area contributed by atoms with Crippen molar-refractivity contribution in [3.8, 4) is 0 Å². The number of halogens is 1. The van der Waals surface area contributed by atoms with Crippen LogP contribution in [0.3, 0.4) is 0 Å². The lowest BCUT2D eigenvalue weighted by atomic mass is 10.1. The number of para-hydroxylation sites is 1. The number of carbonyl (C=O) groups is 3. The van der Waals surface area contributed by atoms with Gasteiger partial charge in [-0.15, -0.1) is 0 Å². The minimum Gasteiger partial charge on any atom is -0.442 e. The third-order valence-corrected chi connectivity index (χ3v) is 4.22. The Hall–Kier alpha value is -3.22. The highest BCUT2D eigenvalue weighted by molar-refractivity contribution is 5.98. The van der Waals surface area contributed by atoms with Crippen LogP contribution in [0.25, 0.3) is 0 Å². The molecule has 1 saturated heterocycles. The quantitative estimate of drug-likeness (QED) is 0.761. The van der Waals surface area contributed by atoms with Crippen molar-refractivity contribution in [1.82, 2.24) is 5.32 Å². The van der Waals surface area contributed by atoms with E-state index in [1.54, 1.807) is 18.2 Å². The van der Waals surface area contributed by atoms with Crippen LogP contribution < -0.4 is 10.2 Å². The second-order valence-corrected chi connectivity index (χ2v) is 6.16. The molecule has 0 aliphatic carbocycles. The molecule has 2 aromatic rings. The van der Waals surface area contributed by atoms with Gasteiger partial charge in [0.25, 0.3) is 0 Å². The summed E-state index contributed by atoms with van der Waals surface area (Å²) in [6.07, 6.45) is -1.08. The fraction of sp³-hybridized carbons (Fsp3) is 0.250. The number of Topliss-reactive ketones (excluding diaryl/α,β-unsaturated/α-hetero) is 1. The van der Waals surface area contributed by atoms with Crippen LogP contribution in [0.2, 0.25) is 0 Å². The van der Waals surface area contributed by atoms with Crippen molar-refractivity contribution in [1.29, 1.82) is 0 Å². The van der Waals surface area contributed by atoms with E-state index in [0.29, 0.717) is 6.54 Å². The fourth-order valence-electron chi connectivity index (χ4n) is 2.81. The zero-order chi connectivity index (χ0) is 19.2. The van der Waals surface area contributed by atoms with Gasteiger partial charge in [0, 0.05) is 18.5 Å². The van der Waals surface area contributed by atoms with E-state index in [-0.39, 0.29) is 30.9 Å². The van der Waals surface area contributed by atoms with Crippen LogP contribution in [0.4, 0.5) is 14.9 Å². The Labute approximate surface area is 155 Å². The highest BCUT2D eigenvalue weighted by Crippen LogP contribution is 2.20. The molecule has 3 rings (SSSR count). The second-order valence-electron chi connectivity index (χ2n) is 6.16. The van der Waals surface area contributed by atoms with Crippen LogP contribution in [0.5, 0.6) is 0 Å². The summed E-state index contributed by atoms with van der Waals surface area (Å²) < 4.78 is 18.8. The molecule has 27 heavy (non-hydrogen) atoms. The number of nitrogens with zero attached hydrogens (tertiary/aromatic N) is 1. The van der Waals surface area contributed by atoms with Gasteiger partial charge in [-0.1, -0.05) is 30.3 Å². The Morgan fingerprint density at radius 2 is 1.78 bits per heavy atom. The molecule has 0 bridgehead atoms. The third kappa shape index (κ3) is 4.69. The molecule has 1 heterocycles. The van der Waals surface area contributed by atoms with Crippen molar-refractivity contribution in [3.63, 3.8) is 0 Å². The number of anilines is 1. The number of ether oxygens (including phenoxy) is 1. The summed E-state index contributed by atoms with van der Waals surface area (Å²) in [6, 6.07) is 14.8. The molecule has 6 nitrogen and oxygen atoms in total. The Morgan fingerprint density at radius 1 is 1.07 bits per heavy atom. The van der Waals surface area contributed by atoms with Gasteiger partial charge in [-0.25, -0.2) is 9.18 Å². The maximum atomic E-state index is 13.6. The Balaban J connectivity index is 1.44. The van der Waals surface area contributed by atoms with Gasteiger partial charge in [0.2, 0.25) is 5.91 Å². The van der Waals surface area contributed by atoms with E-state index < -0.39 is 23.8 Å². The number of hydrogen-bond acceptors (Lipinski definition) is 4. The van der Waals surface area contributed by atoms with Crippen molar-refractivity contribution >= 4 is 23.5 Å². The predicted octanol–water partition coefficient (Wildman–Crippen LogP) is 2.93. The van der Waals surface area contributed by atoms with Gasteiger partial charge in [0.05, 0.1) is 18.7 Å². The summed E-state index contributed by atoms with van der Waals surface area (Å²) in [6.45, 7) is 0.485. The summed E-state index contributed by atoms with van der Waals surface area (Å²) in [4.78, 5) is 37.4. The van der Waals surface area contributed by atoms with E-state index in [1.807, 2.05) is 18.2 Å². The molecule has 0 saturated carbocycles. The zero-order valence-corrected chi connectivity index (χ0v) is 14.6. The number of benzene rings is 2. The minimum atomic E-state index is -0.596. The van der Waals surface area contributed by atoms with E-state index in [1.165, 1.54) is 23.1 Å². The van der Waals surface area contributed by atoms with Gasteiger partial charge in [-0.3, -0.25) is 14.5 Å². The first-order chi connectivity index (χ1) is 13.0. The lowest BCUT2D eigenvalue weighted by molar-refractivity contribution is -0.121. The number of rotatable bonds is 7. The summed E-state index contributed by atoms with van der Waals surface area (Å²) in [7, 11) is 0. The van der Waals surface area contributed by atoms with Crippen molar-refractivity contribution in [2.75, 3.05) is 18.0 Å². The standard InChI is InChI=1S/C20H19FN2O4/c21-17-9-5-4-8-16(17)18(24)10-11-19(25)22-12-15-13-23(20(26)27-15)14-6-2-1-3-7-14/h1-9,15H,10-13H2,(H,22,25). The lowest BCUT2D eigenvalue weighted by Crippen LogP contribution is -2.34. The van der Waals surface area contributed by atoms with Crippen LogP contribution in [0.1, 0.15) is 23.2 Å². The molecular weight excluding hydrogens is 351 g/mol. The third-order valence-electron chi connectivity index (χ3n) is 4.22. The number of carbonyl (C=O) groups excluding carboxylic acids is 3. The van der Waals surface area contributed by atoms with E-state index >= 15 is 0 Å². The van der Waals surface area contributed by atoms with Crippen molar-refractivity contribution in [2.45, 2.75) is 18.9 Å². The molecular formula is C20H19FN2O4. The number of ketones is 1. The zero-order valence-electron chi connectivity index (χ0n) is 14.6. The van der Waals surface area contributed by atoms with Crippen LogP contribution in [0, 0.1) is 5.82 Å². The first kappa shape index (κ1) is 18.6. The van der Waals surface area contributed by atoms with Gasteiger partial charge in [0.1, 0.15) is 11.9 Å². The Bertz CT molecular complexity index is 841. The normalized spacial score (nSPS) is 16.1. The molecule has 1 unspecified atom stereocenters. The summed E-state index contributed by atoms with van der Waals surface area (Å²) in [5, 5.41) is 2.65. The molecule has 1 fully saturated rings. The van der Waals surface area contributed by atoms with Gasteiger partial charge in [-0.2, -0.15) is 0 Å². The first-order valence-electron chi connectivity index (χ1n) is 8.62. The number of amides is 2. The van der Waals surface area contributed by atoms with Gasteiger partial charge >= 0.3 is 6.09 Å². The summed E-state index contributed by atoms with van der Waals surface area (Å²) in [5.74, 6) is -1.37. The molecule has 1 aliphatic heterocycles. The fourth-order valence-corrected chi connectivity index (χ4v) is 2.81. The average Bonchev–Trinajstić information content (AvgIpc) is 3.06. The largest absolute Gasteiger partial charge is 0.442 e. The maximum Gasteiger partial charge on any atom is 0.414 e. The van der Waals surface area contributed by atoms with E-state index in [2.05, 4.69) is 5.32 Å². The molecule has 0 spiro atoms. The molecule has 0 radical (unpaired) electrons. The number of hydrogen-bond donors (Lipinski definition) is 1. The van der Waals surface area contributed by atoms with E-state index in [4.69, 9.17) is 4.74 Å². The highest BCUT2D eigenvalue weighted by atomic mass is 19.1. The SMILES string of the molecule is O=C(CCC(=O)c1ccccc1F)NCC1CN(c2ccccc2)C(=O)O1. The Morgan fingerprint density at radius 3 is 2.52 bits per heavy atom. The molecule has 1 N–H and O–H groups in total. The number of nitrogens with one attached hydrogen (secondary N) is 1. The van der Waals surface area contributed by atoms with Gasteiger partial charge in [-0.05, 0) is 24.3 Å². The highest BCUT2D eigenvalue weighted by Gasteiger charge is 2.32. The molecule has 7 heteroatoms. The molecule has 1 aliphatic rings. The van der Waals surface area contributed by atoms with Gasteiger partial charge < -0.3 is 10.1 Å². The topological polar surface area (TPSA) is 75.7 Å². The minimum absolute atomic E-state index is 0.0199. The van der Waals surface area contributed by atoms with Crippen LogP contribution in [-0.4, -0.2) is 37.0 Å². The maximum absolute atomic E-state index is 13.6. The molecule has 0 aromatic heterocycles. The van der Waals surface area contributed by atoms with Crippen LogP contribution in [-0.2, 0) is 9.53 Å². The Kier molecular flexibility index (Phi) is 5.80. The monoisotopic (exact) mass is 370 g/mol. The van der Waals surface area contributed by atoms with Crippen LogP contribution in [0.15, 0.2) is 54.6 Å². The van der Waals surface area contributed by atoms with E-state index in [9.17, 15) is 18.8 Å². The molecule has 1 atom stereocenters. The second kappa shape index (κ2) is 8.44. The lowest BCUT2D eigenvalue weighted by Gasteiger charge is -2.12. The first-order valence-corrected chi connectivity index (χ1v) is 8.62.